The predicted molar refractivity (Wildman–Crippen MR) is 81.6 cm³/mol. The first-order valence-corrected chi connectivity index (χ1v) is 7.57. The van der Waals surface area contributed by atoms with Gasteiger partial charge in [-0.2, -0.15) is 0 Å². The van der Waals surface area contributed by atoms with Gasteiger partial charge in [-0.15, -0.1) is 0 Å². The monoisotopic (exact) mass is 271 g/mol. The summed E-state index contributed by atoms with van der Waals surface area (Å²) in [6.45, 7) is 12.1. The van der Waals surface area contributed by atoms with E-state index < -0.39 is 0 Å². The van der Waals surface area contributed by atoms with E-state index in [1.54, 1.807) is 0 Å². The minimum Gasteiger partial charge on any atom is -0.381 e. The molecule has 0 spiro atoms. The number of hydrogen-bond donors (Lipinski definition) is 1. The summed E-state index contributed by atoms with van der Waals surface area (Å²) in [7, 11) is 6.35. The molecule has 1 unspecified atom stereocenters. The van der Waals surface area contributed by atoms with Crippen molar-refractivity contribution in [2.45, 2.75) is 20.3 Å². The van der Waals surface area contributed by atoms with Crippen molar-refractivity contribution in [1.82, 2.24) is 15.1 Å². The van der Waals surface area contributed by atoms with Crippen LogP contribution in [0.2, 0.25) is 0 Å². The van der Waals surface area contributed by atoms with Crippen LogP contribution < -0.4 is 5.32 Å². The number of ether oxygens (including phenoxy) is 1. The van der Waals surface area contributed by atoms with Crippen LogP contribution in [0.5, 0.6) is 0 Å². The van der Waals surface area contributed by atoms with E-state index in [-0.39, 0.29) is 0 Å². The fraction of sp³-hybridized carbons (Fsp3) is 1.00. The van der Waals surface area contributed by atoms with Gasteiger partial charge in [-0.25, -0.2) is 0 Å². The van der Waals surface area contributed by atoms with Crippen molar-refractivity contribution in [2.24, 2.45) is 11.3 Å². The van der Waals surface area contributed by atoms with Gasteiger partial charge in [0.2, 0.25) is 0 Å². The molecule has 1 fully saturated rings. The standard InChI is InChI=1S/C15H33N3O/c1-14(2)10-18(8-7-17(4)5)12-15(11-16-3)6-9-19-13-15/h14,16H,6-13H2,1-5H3. The van der Waals surface area contributed by atoms with Gasteiger partial charge in [0.05, 0.1) is 6.61 Å². The fourth-order valence-electron chi connectivity index (χ4n) is 2.91. The van der Waals surface area contributed by atoms with E-state index in [2.05, 4.69) is 43.1 Å². The second kappa shape index (κ2) is 8.20. The Labute approximate surface area is 119 Å². The van der Waals surface area contributed by atoms with Crippen molar-refractivity contribution < 1.29 is 4.74 Å². The molecule has 0 aromatic heterocycles. The quantitative estimate of drug-likeness (QED) is 0.680. The molecular formula is C15H33N3O. The van der Waals surface area contributed by atoms with Crippen LogP contribution in [0.1, 0.15) is 20.3 Å². The first-order valence-electron chi connectivity index (χ1n) is 7.57. The van der Waals surface area contributed by atoms with Crippen LogP contribution in [-0.4, -0.2) is 76.9 Å². The molecule has 0 aromatic rings. The highest BCUT2D eigenvalue weighted by Gasteiger charge is 2.36. The van der Waals surface area contributed by atoms with Gasteiger partial charge in [0.1, 0.15) is 0 Å². The summed E-state index contributed by atoms with van der Waals surface area (Å²) < 4.78 is 5.67. The molecule has 4 heteroatoms. The normalized spacial score (nSPS) is 24.0. The molecule has 0 aliphatic carbocycles. The second-order valence-electron chi connectivity index (χ2n) is 6.77. The molecule has 0 amide bonds. The molecular weight excluding hydrogens is 238 g/mol. The summed E-state index contributed by atoms with van der Waals surface area (Å²) in [6, 6.07) is 0. The van der Waals surface area contributed by atoms with Crippen LogP contribution >= 0.6 is 0 Å². The van der Waals surface area contributed by atoms with Crippen LogP contribution in [0.15, 0.2) is 0 Å². The van der Waals surface area contributed by atoms with E-state index in [0.29, 0.717) is 5.41 Å². The number of nitrogens with zero attached hydrogens (tertiary/aromatic N) is 2. The van der Waals surface area contributed by atoms with Crippen molar-refractivity contribution in [3.63, 3.8) is 0 Å². The van der Waals surface area contributed by atoms with Gasteiger partial charge in [0, 0.05) is 44.7 Å². The Morgan fingerprint density at radius 2 is 2.00 bits per heavy atom. The fourth-order valence-corrected chi connectivity index (χ4v) is 2.91. The summed E-state index contributed by atoms with van der Waals surface area (Å²) in [4.78, 5) is 4.89. The number of rotatable bonds is 9. The van der Waals surface area contributed by atoms with Crippen molar-refractivity contribution >= 4 is 0 Å². The Balaban J connectivity index is 2.57. The smallest absolute Gasteiger partial charge is 0.0547 e. The minimum absolute atomic E-state index is 0.315. The van der Waals surface area contributed by atoms with Crippen LogP contribution in [0, 0.1) is 11.3 Å². The summed E-state index contributed by atoms with van der Waals surface area (Å²) in [5.41, 5.74) is 0.315. The van der Waals surface area contributed by atoms with E-state index >= 15 is 0 Å². The zero-order valence-corrected chi connectivity index (χ0v) is 13.5. The first-order chi connectivity index (χ1) is 8.97. The molecule has 0 radical (unpaired) electrons. The Kier molecular flexibility index (Phi) is 7.29. The molecule has 1 saturated heterocycles. The molecule has 114 valence electrons. The summed E-state index contributed by atoms with van der Waals surface area (Å²) in [5.74, 6) is 0.719. The lowest BCUT2D eigenvalue weighted by Gasteiger charge is -2.35. The largest absolute Gasteiger partial charge is 0.381 e. The highest BCUT2D eigenvalue weighted by atomic mass is 16.5. The van der Waals surface area contributed by atoms with Gasteiger partial charge in [-0.3, -0.25) is 0 Å². The molecule has 1 aliphatic heterocycles. The third-order valence-corrected chi connectivity index (χ3v) is 3.78. The molecule has 0 bridgehead atoms. The molecule has 1 aliphatic rings. The van der Waals surface area contributed by atoms with Gasteiger partial charge >= 0.3 is 0 Å². The molecule has 1 N–H and O–H groups in total. The summed E-state index contributed by atoms with van der Waals surface area (Å²) >= 11 is 0. The molecule has 1 atom stereocenters. The number of hydrogen-bond acceptors (Lipinski definition) is 4. The molecule has 0 saturated carbocycles. The van der Waals surface area contributed by atoms with Gasteiger partial charge in [0.25, 0.3) is 0 Å². The first kappa shape index (κ1) is 16.9. The third kappa shape index (κ3) is 6.21. The Bertz CT molecular complexity index is 238. The molecule has 4 nitrogen and oxygen atoms in total. The zero-order chi connectivity index (χ0) is 14.3. The van der Waals surface area contributed by atoms with E-state index in [9.17, 15) is 0 Å². The van der Waals surface area contributed by atoms with Crippen LogP contribution in [0.4, 0.5) is 0 Å². The molecule has 1 heterocycles. The molecule has 19 heavy (non-hydrogen) atoms. The van der Waals surface area contributed by atoms with Crippen molar-refractivity contribution in [1.29, 1.82) is 0 Å². The van der Waals surface area contributed by atoms with E-state index in [4.69, 9.17) is 4.74 Å². The van der Waals surface area contributed by atoms with Crippen LogP contribution in [0.3, 0.4) is 0 Å². The maximum atomic E-state index is 5.67. The number of nitrogens with one attached hydrogen (secondary N) is 1. The lowest BCUT2D eigenvalue weighted by molar-refractivity contribution is 0.0993. The van der Waals surface area contributed by atoms with Gasteiger partial charge in [0.15, 0.2) is 0 Å². The topological polar surface area (TPSA) is 27.7 Å². The Morgan fingerprint density at radius 1 is 1.26 bits per heavy atom. The third-order valence-electron chi connectivity index (χ3n) is 3.78. The highest BCUT2D eigenvalue weighted by molar-refractivity contribution is 4.88. The summed E-state index contributed by atoms with van der Waals surface area (Å²) in [6.07, 6.45) is 1.18. The second-order valence-corrected chi connectivity index (χ2v) is 6.77. The minimum atomic E-state index is 0.315. The Hall–Kier alpha value is -0.160. The van der Waals surface area contributed by atoms with Gasteiger partial charge in [-0.05, 0) is 33.5 Å². The lowest BCUT2D eigenvalue weighted by atomic mass is 9.86. The van der Waals surface area contributed by atoms with E-state index in [1.807, 2.05) is 7.05 Å². The molecule has 0 aromatic carbocycles. The van der Waals surface area contributed by atoms with Gasteiger partial charge in [-0.1, -0.05) is 13.8 Å². The predicted octanol–water partition coefficient (Wildman–Crippen LogP) is 1.13. The van der Waals surface area contributed by atoms with Gasteiger partial charge < -0.3 is 19.9 Å². The highest BCUT2D eigenvalue weighted by Crippen LogP contribution is 2.29. The Morgan fingerprint density at radius 3 is 2.47 bits per heavy atom. The maximum Gasteiger partial charge on any atom is 0.0547 e. The zero-order valence-electron chi connectivity index (χ0n) is 13.5. The lowest BCUT2D eigenvalue weighted by Crippen LogP contribution is -2.46. The maximum absolute atomic E-state index is 5.67. The summed E-state index contributed by atoms with van der Waals surface area (Å²) in [5, 5.41) is 3.36. The van der Waals surface area contributed by atoms with Crippen molar-refractivity contribution in [3.8, 4) is 0 Å². The van der Waals surface area contributed by atoms with E-state index in [0.717, 1.165) is 45.3 Å². The van der Waals surface area contributed by atoms with Crippen LogP contribution in [-0.2, 0) is 4.74 Å². The van der Waals surface area contributed by atoms with E-state index in [1.165, 1.54) is 13.0 Å². The molecule has 1 rings (SSSR count). The average molecular weight is 271 g/mol. The number of likely N-dealkylation sites (N-methyl/N-ethyl adjacent to an activating group) is 1. The SMILES string of the molecule is CNCC1(CN(CCN(C)C)CC(C)C)CCOC1. The van der Waals surface area contributed by atoms with Crippen molar-refractivity contribution in [2.75, 3.05) is 67.1 Å². The average Bonchev–Trinajstić information content (AvgIpc) is 2.74. The van der Waals surface area contributed by atoms with Crippen molar-refractivity contribution in [3.05, 3.63) is 0 Å². The van der Waals surface area contributed by atoms with Crippen LogP contribution in [0.25, 0.3) is 0 Å².